The molecule has 3 aromatic rings. The number of benzene rings is 2. The highest BCUT2D eigenvalue weighted by Gasteiger charge is 2.14. The van der Waals surface area contributed by atoms with E-state index in [2.05, 4.69) is 31.5 Å². The summed E-state index contributed by atoms with van der Waals surface area (Å²) in [6.07, 6.45) is 1.62. The number of rotatable bonds is 4. The van der Waals surface area contributed by atoms with Crippen LogP contribution < -0.4 is 10.6 Å². The zero-order valence-corrected chi connectivity index (χ0v) is 15.9. The van der Waals surface area contributed by atoms with E-state index in [4.69, 9.17) is 23.2 Å². The van der Waals surface area contributed by atoms with Gasteiger partial charge in [-0.05, 0) is 58.4 Å². The smallest absolute Gasteiger partial charge is 0.259 e. The van der Waals surface area contributed by atoms with Crippen molar-refractivity contribution < 1.29 is 4.79 Å². The number of pyridine rings is 1. The fourth-order valence-corrected chi connectivity index (χ4v) is 2.83. The number of amides is 1. The van der Waals surface area contributed by atoms with Crippen LogP contribution in [0.4, 0.5) is 17.2 Å². The molecule has 1 amide bonds. The third kappa shape index (κ3) is 4.31. The molecule has 0 atom stereocenters. The Labute approximate surface area is 163 Å². The molecule has 0 aliphatic rings. The highest BCUT2D eigenvalue weighted by molar-refractivity contribution is 9.10. The van der Waals surface area contributed by atoms with Gasteiger partial charge in [-0.15, -0.1) is 0 Å². The van der Waals surface area contributed by atoms with Crippen LogP contribution in [0.15, 0.2) is 65.3 Å². The van der Waals surface area contributed by atoms with Gasteiger partial charge in [0, 0.05) is 16.4 Å². The summed E-state index contributed by atoms with van der Waals surface area (Å²) in [7, 11) is 0. The SMILES string of the molecule is O=C(Nc1ccc(Cl)c(Cl)c1)c1cccnc1Nc1ccccc1Br. The van der Waals surface area contributed by atoms with E-state index in [-0.39, 0.29) is 5.91 Å². The van der Waals surface area contributed by atoms with Crippen LogP contribution in [0.25, 0.3) is 0 Å². The largest absolute Gasteiger partial charge is 0.339 e. The fraction of sp³-hybridized carbons (Fsp3) is 0. The van der Waals surface area contributed by atoms with Gasteiger partial charge in [-0.1, -0.05) is 35.3 Å². The third-order valence-corrected chi connectivity index (χ3v) is 4.79. The summed E-state index contributed by atoms with van der Waals surface area (Å²) < 4.78 is 0.872. The fourth-order valence-electron chi connectivity index (χ4n) is 2.15. The van der Waals surface area contributed by atoms with Gasteiger partial charge in [-0.2, -0.15) is 0 Å². The van der Waals surface area contributed by atoms with Gasteiger partial charge in [-0.25, -0.2) is 4.98 Å². The molecule has 0 spiro atoms. The van der Waals surface area contributed by atoms with Crippen molar-refractivity contribution in [1.29, 1.82) is 0 Å². The van der Waals surface area contributed by atoms with Crippen LogP contribution in [0.3, 0.4) is 0 Å². The molecule has 0 unspecified atom stereocenters. The van der Waals surface area contributed by atoms with Gasteiger partial charge in [-0.3, -0.25) is 4.79 Å². The Morgan fingerprint density at radius 3 is 2.56 bits per heavy atom. The zero-order chi connectivity index (χ0) is 17.8. The summed E-state index contributed by atoms with van der Waals surface area (Å²) in [6.45, 7) is 0. The molecule has 0 saturated heterocycles. The van der Waals surface area contributed by atoms with E-state index in [9.17, 15) is 4.79 Å². The number of aromatic nitrogens is 1. The molecule has 0 radical (unpaired) electrons. The molecule has 7 heteroatoms. The van der Waals surface area contributed by atoms with Crippen molar-refractivity contribution in [3.8, 4) is 0 Å². The van der Waals surface area contributed by atoms with Crippen molar-refractivity contribution >= 4 is 62.2 Å². The molecule has 2 N–H and O–H groups in total. The second-order valence-corrected chi connectivity index (χ2v) is 6.76. The molecule has 0 saturated carbocycles. The minimum atomic E-state index is -0.305. The topological polar surface area (TPSA) is 54.0 Å². The average Bonchev–Trinajstić information content (AvgIpc) is 2.60. The van der Waals surface area contributed by atoms with Crippen molar-refractivity contribution in [2.45, 2.75) is 0 Å². The number of carbonyl (C=O) groups excluding carboxylic acids is 1. The molecule has 0 aliphatic heterocycles. The number of nitrogens with zero attached hydrogens (tertiary/aromatic N) is 1. The first kappa shape index (κ1) is 17.7. The molecular weight excluding hydrogens is 425 g/mol. The summed E-state index contributed by atoms with van der Waals surface area (Å²) in [5, 5.41) is 6.76. The van der Waals surface area contributed by atoms with Crippen LogP contribution in [0.1, 0.15) is 10.4 Å². The van der Waals surface area contributed by atoms with Crippen LogP contribution in [0.5, 0.6) is 0 Å². The molecular formula is C18H12BrCl2N3O. The Hall–Kier alpha value is -2.08. The molecule has 2 aromatic carbocycles. The summed E-state index contributed by atoms with van der Waals surface area (Å²) in [5.74, 6) is 0.146. The second kappa shape index (κ2) is 7.87. The standard InChI is InChI=1S/C18H12BrCl2N3O/c19-13-5-1-2-6-16(13)24-17-12(4-3-9-22-17)18(25)23-11-7-8-14(20)15(21)10-11/h1-10H,(H,22,24)(H,23,25). The lowest BCUT2D eigenvalue weighted by atomic mass is 10.2. The van der Waals surface area contributed by atoms with E-state index in [0.717, 1.165) is 10.2 Å². The lowest BCUT2D eigenvalue weighted by molar-refractivity contribution is 0.102. The van der Waals surface area contributed by atoms with E-state index < -0.39 is 0 Å². The van der Waals surface area contributed by atoms with Crippen molar-refractivity contribution in [3.05, 3.63) is 80.9 Å². The Bertz CT molecular complexity index is 934. The summed E-state index contributed by atoms with van der Waals surface area (Å²) in [4.78, 5) is 16.9. The highest BCUT2D eigenvalue weighted by atomic mass is 79.9. The normalized spacial score (nSPS) is 10.4. The minimum absolute atomic E-state index is 0.305. The molecule has 1 aromatic heterocycles. The second-order valence-electron chi connectivity index (χ2n) is 5.09. The maximum Gasteiger partial charge on any atom is 0.259 e. The van der Waals surface area contributed by atoms with Crippen LogP contribution in [-0.2, 0) is 0 Å². The molecule has 4 nitrogen and oxygen atoms in total. The van der Waals surface area contributed by atoms with Crippen molar-refractivity contribution in [3.63, 3.8) is 0 Å². The lowest BCUT2D eigenvalue weighted by Gasteiger charge is -2.12. The Balaban J connectivity index is 1.86. The number of nitrogens with one attached hydrogen (secondary N) is 2. The summed E-state index contributed by atoms with van der Waals surface area (Å²) in [6, 6.07) is 15.9. The van der Waals surface area contributed by atoms with Crippen LogP contribution in [-0.4, -0.2) is 10.9 Å². The van der Waals surface area contributed by atoms with E-state index in [1.807, 2.05) is 24.3 Å². The first-order chi connectivity index (χ1) is 12.0. The molecule has 1 heterocycles. The van der Waals surface area contributed by atoms with E-state index >= 15 is 0 Å². The van der Waals surface area contributed by atoms with Gasteiger partial charge in [0.15, 0.2) is 0 Å². The number of anilines is 3. The van der Waals surface area contributed by atoms with Crippen LogP contribution in [0, 0.1) is 0 Å². The monoisotopic (exact) mass is 435 g/mol. The van der Waals surface area contributed by atoms with Crippen LogP contribution >= 0.6 is 39.1 Å². The first-order valence-corrected chi connectivity index (χ1v) is 8.82. The van der Waals surface area contributed by atoms with Crippen LogP contribution in [0.2, 0.25) is 10.0 Å². The quantitative estimate of drug-likeness (QED) is 0.515. The van der Waals surface area contributed by atoms with Gasteiger partial charge < -0.3 is 10.6 Å². The van der Waals surface area contributed by atoms with Crippen molar-refractivity contribution in [2.24, 2.45) is 0 Å². The van der Waals surface area contributed by atoms with Gasteiger partial charge in [0.2, 0.25) is 0 Å². The highest BCUT2D eigenvalue weighted by Crippen LogP contribution is 2.28. The molecule has 0 aliphatic carbocycles. The third-order valence-electron chi connectivity index (χ3n) is 3.36. The average molecular weight is 437 g/mol. The summed E-state index contributed by atoms with van der Waals surface area (Å²) in [5.41, 5.74) is 1.77. The molecule has 0 fully saturated rings. The predicted octanol–water partition coefficient (Wildman–Crippen LogP) is 6.15. The van der Waals surface area contributed by atoms with Crippen molar-refractivity contribution in [2.75, 3.05) is 10.6 Å². The molecule has 126 valence electrons. The molecule has 0 bridgehead atoms. The minimum Gasteiger partial charge on any atom is -0.339 e. The van der Waals surface area contributed by atoms with Gasteiger partial charge in [0.1, 0.15) is 5.82 Å². The predicted molar refractivity (Wildman–Crippen MR) is 106 cm³/mol. The molecule has 3 rings (SSSR count). The zero-order valence-electron chi connectivity index (χ0n) is 12.8. The van der Waals surface area contributed by atoms with Gasteiger partial charge in [0.05, 0.1) is 21.3 Å². The first-order valence-electron chi connectivity index (χ1n) is 7.27. The van der Waals surface area contributed by atoms with E-state index in [1.54, 1.807) is 36.5 Å². The lowest BCUT2D eigenvalue weighted by Crippen LogP contribution is -2.14. The number of halogens is 3. The maximum atomic E-state index is 12.6. The van der Waals surface area contributed by atoms with E-state index in [1.165, 1.54) is 0 Å². The maximum absolute atomic E-state index is 12.6. The Morgan fingerprint density at radius 2 is 1.80 bits per heavy atom. The number of hydrogen-bond acceptors (Lipinski definition) is 3. The number of hydrogen-bond donors (Lipinski definition) is 2. The van der Waals surface area contributed by atoms with Gasteiger partial charge >= 0.3 is 0 Å². The number of carbonyl (C=O) groups is 1. The number of para-hydroxylation sites is 1. The van der Waals surface area contributed by atoms with Crippen molar-refractivity contribution in [1.82, 2.24) is 4.98 Å². The Kier molecular flexibility index (Phi) is 5.58. The van der Waals surface area contributed by atoms with Gasteiger partial charge in [0.25, 0.3) is 5.91 Å². The Morgan fingerprint density at radius 1 is 1.00 bits per heavy atom. The van der Waals surface area contributed by atoms with E-state index in [0.29, 0.717) is 27.1 Å². The molecule has 25 heavy (non-hydrogen) atoms. The summed E-state index contributed by atoms with van der Waals surface area (Å²) >= 11 is 15.3.